The van der Waals surface area contributed by atoms with Gasteiger partial charge in [0.25, 0.3) is 0 Å². The molecule has 1 heterocycles. The predicted molar refractivity (Wildman–Crippen MR) is 75.4 cm³/mol. The highest BCUT2D eigenvalue weighted by atomic mass is 79.9. The highest BCUT2D eigenvalue weighted by Gasteiger charge is 2.24. The molecule has 1 amide bonds. The van der Waals surface area contributed by atoms with Crippen LogP contribution in [-0.4, -0.2) is 41.3 Å². The molecular weight excluding hydrogens is 280 g/mol. The summed E-state index contributed by atoms with van der Waals surface area (Å²) in [6, 6.07) is 0.370. The SMILES string of the molecule is CCCN1CCC(NC(=O)C(Br)C(C)C)CC1. The van der Waals surface area contributed by atoms with Gasteiger partial charge in [0, 0.05) is 19.1 Å². The van der Waals surface area contributed by atoms with E-state index in [-0.39, 0.29) is 10.7 Å². The number of nitrogens with zero attached hydrogens (tertiary/aromatic N) is 1. The first-order valence-electron chi connectivity index (χ1n) is 6.71. The standard InChI is InChI=1S/C13H25BrN2O/c1-4-7-16-8-5-11(6-9-16)15-13(17)12(14)10(2)3/h10-12H,4-9H2,1-3H3,(H,15,17). The third kappa shape index (κ3) is 4.96. The fraction of sp³-hybridized carbons (Fsp3) is 0.923. The number of carbonyl (C=O) groups excluding carboxylic acids is 1. The van der Waals surface area contributed by atoms with Crippen molar-refractivity contribution >= 4 is 21.8 Å². The van der Waals surface area contributed by atoms with Gasteiger partial charge in [-0.2, -0.15) is 0 Å². The molecule has 1 unspecified atom stereocenters. The lowest BCUT2D eigenvalue weighted by Crippen LogP contribution is -2.47. The average Bonchev–Trinajstić information content (AvgIpc) is 2.30. The summed E-state index contributed by atoms with van der Waals surface area (Å²) in [4.78, 5) is 14.3. The number of rotatable bonds is 5. The number of nitrogens with one attached hydrogen (secondary N) is 1. The van der Waals surface area contributed by atoms with Gasteiger partial charge in [0.15, 0.2) is 0 Å². The van der Waals surface area contributed by atoms with Gasteiger partial charge in [-0.25, -0.2) is 0 Å². The molecule has 1 saturated heterocycles. The molecular formula is C13H25BrN2O. The van der Waals surface area contributed by atoms with Crippen LogP contribution in [0.15, 0.2) is 0 Å². The number of piperidine rings is 1. The molecule has 0 bridgehead atoms. The lowest BCUT2D eigenvalue weighted by Gasteiger charge is -2.32. The largest absolute Gasteiger partial charge is 0.352 e. The van der Waals surface area contributed by atoms with Crippen molar-refractivity contribution in [2.24, 2.45) is 5.92 Å². The molecule has 0 aromatic carbocycles. The van der Waals surface area contributed by atoms with Crippen molar-refractivity contribution in [3.05, 3.63) is 0 Å². The zero-order valence-electron chi connectivity index (χ0n) is 11.2. The summed E-state index contributed by atoms with van der Waals surface area (Å²) in [5.74, 6) is 0.490. The normalized spacial score (nSPS) is 20.5. The van der Waals surface area contributed by atoms with Crippen molar-refractivity contribution < 1.29 is 4.79 Å². The summed E-state index contributed by atoms with van der Waals surface area (Å²) >= 11 is 3.45. The van der Waals surface area contributed by atoms with E-state index in [1.807, 2.05) is 0 Å². The van der Waals surface area contributed by atoms with Gasteiger partial charge in [-0.05, 0) is 31.7 Å². The zero-order valence-corrected chi connectivity index (χ0v) is 12.8. The fourth-order valence-electron chi connectivity index (χ4n) is 2.20. The van der Waals surface area contributed by atoms with E-state index in [4.69, 9.17) is 0 Å². The number of hydrogen-bond acceptors (Lipinski definition) is 2. The molecule has 17 heavy (non-hydrogen) atoms. The molecule has 1 aliphatic heterocycles. The minimum Gasteiger partial charge on any atom is -0.352 e. The van der Waals surface area contributed by atoms with Crippen LogP contribution in [0.3, 0.4) is 0 Å². The van der Waals surface area contributed by atoms with Crippen LogP contribution < -0.4 is 5.32 Å². The van der Waals surface area contributed by atoms with Crippen molar-refractivity contribution in [2.75, 3.05) is 19.6 Å². The van der Waals surface area contributed by atoms with Crippen LogP contribution in [0.4, 0.5) is 0 Å². The van der Waals surface area contributed by atoms with E-state index in [1.165, 1.54) is 13.0 Å². The molecule has 0 saturated carbocycles. The maximum Gasteiger partial charge on any atom is 0.234 e. The predicted octanol–water partition coefficient (Wildman–Crippen LogP) is 2.40. The van der Waals surface area contributed by atoms with Gasteiger partial charge in [-0.1, -0.05) is 36.7 Å². The highest BCUT2D eigenvalue weighted by molar-refractivity contribution is 9.10. The molecule has 0 aromatic rings. The van der Waals surface area contributed by atoms with Crippen molar-refractivity contribution in [3.8, 4) is 0 Å². The van der Waals surface area contributed by atoms with E-state index in [0.29, 0.717) is 12.0 Å². The molecule has 3 nitrogen and oxygen atoms in total. The number of halogens is 1. The Morgan fingerprint density at radius 1 is 1.41 bits per heavy atom. The minimum absolute atomic E-state index is 0.0591. The van der Waals surface area contributed by atoms with E-state index in [2.05, 4.69) is 46.9 Å². The number of hydrogen-bond donors (Lipinski definition) is 1. The molecule has 1 rings (SSSR count). The Kier molecular flexibility index (Phi) is 6.49. The molecule has 1 fully saturated rings. The Hall–Kier alpha value is -0.0900. The first-order chi connectivity index (χ1) is 8.04. The summed E-state index contributed by atoms with van der Waals surface area (Å²) in [5, 5.41) is 3.15. The number of amides is 1. The van der Waals surface area contributed by atoms with Crippen LogP contribution >= 0.6 is 15.9 Å². The van der Waals surface area contributed by atoms with Crippen molar-refractivity contribution in [1.29, 1.82) is 0 Å². The quantitative estimate of drug-likeness (QED) is 0.791. The molecule has 0 aliphatic carbocycles. The Balaban J connectivity index is 2.28. The van der Waals surface area contributed by atoms with Gasteiger partial charge in [0.05, 0.1) is 4.83 Å². The van der Waals surface area contributed by atoms with Crippen molar-refractivity contribution in [3.63, 3.8) is 0 Å². The van der Waals surface area contributed by atoms with Gasteiger partial charge in [-0.15, -0.1) is 0 Å². The average molecular weight is 305 g/mol. The van der Waals surface area contributed by atoms with Gasteiger partial charge in [0.1, 0.15) is 0 Å². The summed E-state index contributed by atoms with van der Waals surface area (Å²) in [6.45, 7) is 9.76. The zero-order chi connectivity index (χ0) is 12.8. The van der Waals surface area contributed by atoms with Gasteiger partial charge in [0.2, 0.25) is 5.91 Å². The van der Waals surface area contributed by atoms with Crippen LogP contribution in [0.25, 0.3) is 0 Å². The monoisotopic (exact) mass is 304 g/mol. The maximum atomic E-state index is 11.9. The third-order valence-electron chi connectivity index (χ3n) is 3.31. The first kappa shape index (κ1) is 15.0. The van der Waals surface area contributed by atoms with Crippen LogP contribution in [0, 0.1) is 5.92 Å². The van der Waals surface area contributed by atoms with E-state index < -0.39 is 0 Å². The van der Waals surface area contributed by atoms with Crippen LogP contribution in [-0.2, 0) is 4.79 Å². The Labute approximate surface area is 113 Å². The Bertz CT molecular complexity index is 238. The number of carbonyl (C=O) groups is 1. The van der Waals surface area contributed by atoms with Gasteiger partial charge in [-0.3, -0.25) is 4.79 Å². The summed E-state index contributed by atoms with van der Waals surface area (Å²) in [5.41, 5.74) is 0. The lowest BCUT2D eigenvalue weighted by atomic mass is 10.0. The van der Waals surface area contributed by atoms with E-state index in [0.717, 1.165) is 25.9 Å². The second-order valence-corrected chi connectivity index (χ2v) is 6.26. The Morgan fingerprint density at radius 3 is 2.47 bits per heavy atom. The summed E-state index contributed by atoms with van der Waals surface area (Å²) in [7, 11) is 0. The summed E-state index contributed by atoms with van der Waals surface area (Å²) in [6.07, 6.45) is 3.39. The molecule has 0 radical (unpaired) electrons. The molecule has 1 aliphatic rings. The number of alkyl halides is 1. The molecule has 1 N–H and O–H groups in total. The van der Waals surface area contributed by atoms with E-state index in [9.17, 15) is 4.79 Å². The Morgan fingerprint density at radius 2 is 2.00 bits per heavy atom. The van der Waals surface area contributed by atoms with Gasteiger partial charge >= 0.3 is 0 Å². The third-order valence-corrected chi connectivity index (χ3v) is 4.78. The highest BCUT2D eigenvalue weighted by Crippen LogP contribution is 2.15. The molecule has 1 atom stereocenters. The minimum atomic E-state index is -0.0591. The smallest absolute Gasteiger partial charge is 0.234 e. The lowest BCUT2D eigenvalue weighted by molar-refractivity contribution is -0.122. The maximum absolute atomic E-state index is 11.9. The van der Waals surface area contributed by atoms with Crippen molar-refractivity contribution in [1.82, 2.24) is 10.2 Å². The van der Waals surface area contributed by atoms with Crippen LogP contribution in [0.2, 0.25) is 0 Å². The summed E-state index contributed by atoms with van der Waals surface area (Å²) < 4.78 is 0. The molecule has 0 spiro atoms. The van der Waals surface area contributed by atoms with Gasteiger partial charge < -0.3 is 10.2 Å². The molecule has 0 aromatic heterocycles. The first-order valence-corrected chi connectivity index (χ1v) is 7.63. The number of likely N-dealkylation sites (tertiary alicyclic amines) is 1. The van der Waals surface area contributed by atoms with E-state index >= 15 is 0 Å². The van der Waals surface area contributed by atoms with Crippen LogP contribution in [0.5, 0.6) is 0 Å². The second kappa shape index (κ2) is 7.37. The molecule has 4 heteroatoms. The fourth-order valence-corrected chi connectivity index (χ4v) is 2.33. The van der Waals surface area contributed by atoms with Crippen molar-refractivity contribution in [2.45, 2.75) is 50.9 Å². The topological polar surface area (TPSA) is 32.3 Å². The molecule has 100 valence electrons. The second-order valence-electron chi connectivity index (χ2n) is 5.27. The van der Waals surface area contributed by atoms with E-state index in [1.54, 1.807) is 0 Å². The van der Waals surface area contributed by atoms with Crippen LogP contribution in [0.1, 0.15) is 40.0 Å².